The zero-order valence-electron chi connectivity index (χ0n) is 9.95. The van der Waals surface area contributed by atoms with E-state index >= 15 is 0 Å². The highest BCUT2D eigenvalue weighted by molar-refractivity contribution is 6.61. The average Bonchev–Trinajstić information content (AvgIpc) is 2.25. The Balaban J connectivity index is 1.89. The molecule has 0 saturated carbocycles. The van der Waals surface area contributed by atoms with Gasteiger partial charge in [-0.1, -0.05) is 0 Å². The topological polar surface area (TPSA) is 32.8 Å². The first kappa shape index (κ1) is 13.7. The number of rotatable bonds is 6. The van der Waals surface area contributed by atoms with Gasteiger partial charge in [-0.25, -0.2) is 4.79 Å². The SMILES string of the molecule is CN1CCN(CCCCCOC(=O)Cl)CC1. The molecule has 0 aromatic carbocycles. The average molecular weight is 249 g/mol. The number of halogens is 1. The molecule has 4 nitrogen and oxygen atoms in total. The van der Waals surface area contributed by atoms with Crippen LogP contribution in [0.3, 0.4) is 0 Å². The third-order valence-corrected chi connectivity index (χ3v) is 3.04. The van der Waals surface area contributed by atoms with Crippen molar-refractivity contribution < 1.29 is 9.53 Å². The summed E-state index contributed by atoms with van der Waals surface area (Å²) < 4.78 is 4.65. The van der Waals surface area contributed by atoms with Crippen molar-refractivity contribution in [2.24, 2.45) is 0 Å². The van der Waals surface area contributed by atoms with E-state index in [2.05, 4.69) is 21.6 Å². The second-order valence-electron chi connectivity index (χ2n) is 4.29. The lowest BCUT2D eigenvalue weighted by atomic mass is 10.2. The standard InChI is InChI=1S/C11H21ClN2O2/c1-13-6-8-14(9-7-13)5-3-2-4-10-16-11(12)15/h2-10H2,1H3. The molecule has 1 fully saturated rings. The zero-order chi connectivity index (χ0) is 11.8. The van der Waals surface area contributed by atoms with Gasteiger partial charge >= 0.3 is 5.43 Å². The van der Waals surface area contributed by atoms with Crippen LogP contribution in [0, 0.1) is 0 Å². The number of carbonyl (C=O) groups is 1. The first-order valence-corrected chi connectivity index (χ1v) is 6.29. The van der Waals surface area contributed by atoms with E-state index in [1.54, 1.807) is 0 Å². The van der Waals surface area contributed by atoms with Gasteiger partial charge in [-0.2, -0.15) is 0 Å². The van der Waals surface area contributed by atoms with Crippen LogP contribution >= 0.6 is 11.6 Å². The number of hydrogen-bond donors (Lipinski definition) is 0. The Labute approximate surface area is 102 Å². The van der Waals surface area contributed by atoms with Gasteiger partial charge in [0, 0.05) is 37.8 Å². The van der Waals surface area contributed by atoms with Crippen molar-refractivity contribution >= 4 is 17.0 Å². The summed E-state index contributed by atoms with van der Waals surface area (Å²) in [6.45, 7) is 6.29. The Hall–Kier alpha value is -0.320. The van der Waals surface area contributed by atoms with E-state index in [4.69, 9.17) is 11.6 Å². The molecule has 5 heteroatoms. The lowest BCUT2D eigenvalue weighted by Crippen LogP contribution is -2.44. The van der Waals surface area contributed by atoms with Crippen molar-refractivity contribution in [2.45, 2.75) is 19.3 Å². The molecule has 0 spiro atoms. The molecule has 0 radical (unpaired) electrons. The smallest absolute Gasteiger partial charge is 0.403 e. The molecule has 16 heavy (non-hydrogen) atoms. The fourth-order valence-corrected chi connectivity index (χ4v) is 1.92. The molecule has 0 aromatic rings. The predicted octanol–water partition coefficient (Wildman–Crippen LogP) is 1.78. The molecule has 1 aliphatic rings. The fraction of sp³-hybridized carbons (Fsp3) is 0.909. The Morgan fingerprint density at radius 1 is 1.19 bits per heavy atom. The van der Waals surface area contributed by atoms with Crippen molar-refractivity contribution in [3.63, 3.8) is 0 Å². The highest BCUT2D eigenvalue weighted by Crippen LogP contribution is 2.03. The second-order valence-corrected chi connectivity index (χ2v) is 4.60. The van der Waals surface area contributed by atoms with Gasteiger partial charge in [0.25, 0.3) is 0 Å². The van der Waals surface area contributed by atoms with Crippen LogP contribution in [0.25, 0.3) is 0 Å². The summed E-state index contributed by atoms with van der Waals surface area (Å²) in [4.78, 5) is 15.1. The van der Waals surface area contributed by atoms with E-state index in [0.29, 0.717) is 6.61 Å². The molecular weight excluding hydrogens is 228 g/mol. The molecule has 1 saturated heterocycles. The molecule has 94 valence electrons. The van der Waals surface area contributed by atoms with Crippen molar-refractivity contribution in [2.75, 3.05) is 46.4 Å². The van der Waals surface area contributed by atoms with Crippen LogP contribution < -0.4 is 0 Å². The fourth-order valence-electron chi connectivity index (χ4n) is 1.84. The Kier molecular flexibility index (Phi) is 6.76. The van der Waals surface area contributed by atoms with Crippen LogP contribution in [0.15, 0.2) is 0 Å². The number of ether oxygens (including phenoxy) is 1. The maximum atomic E-state index is 10.3. The minimum atomic E-state index is -0.695. The van der Waals surface area contributed by atoms with Gasteiger partial charge in [0.05, 0.1) is 6.61 Å². The summed E-state index contributed by atoms with van der Waals surface area (Å²) in [6.07, 6.45) is 3.17. The minimum Gasteiger partial charge on any atom is -0.454 e. The van der Waals surface area contributed by atoms with E-state index in [9.17, 15) is 4.79 Å². The number of likely N-dealkylation sites (N-methyl/N-ethyl adjacent to an activating group) is 1. The van der Waals surface area contributed by atoms with Crippen molar-refractivity contribution in [1.82, 2.24) is 9.80 Å². The monoisotopic (exact) mass is 248 g/mol. The molecule has 0 atom stereocenters. The predicted molar refractivity (Wildman–Crippen MR) is 65.0 cm³/mol. The van der Waals surface area contributed by atoms with Crippen LogP contribution in [0.2, 0.25) is 0 Å². The summed E-state index contributed by atoms with van der Waals surface area (Å²) in [7, 11) is 2.16. The van der Waals surface area contributed by atoms with Crippen LogP contribution in [0.5, 0.6) is 0 Å². The molecule has 1 rings (SSSR count). The third kappa shape index (κ3) is 6.30. The summed E-state index contributed by atoms with van der Waals surface area (Å²) in [5, 5.41) is 0. The van der Waals surface area contributed by atoms with Crippen LogP contribution in [0.4, 0.5) is 4.79 Å². The maximum Gasteiger partial charge on any atom is 0.403 e. The van der Waals surface area contributed by atoms with Gasteiger partial charge in [0.2, 0.25) is 0 Å². The lowest BCUT2D eigenvalue weighted by Gasteiger charge is -2.32. The number of carbonyl (C=O) groups excluding carboxylic acids is 1. The highest BCUT2D eigenvalue weighted by Gasteiger charge is 2.12. The van der Waals surface area contributed by atoms with Crippen molar-refractivity contribution in [3.05, 3.63) is 0 Å². The van der Waals surface area contributed by atoms with Gasteiger partial charge in [-0.05, 0) is 32.9 Å². The molecule has 0 N–H and O–H groups in total. The summed E-state index contributed by atoms with van der Waals surface area (Å²) in [6, 6.07) is 0. The summed E-state index contributed by atoms with van der Waals surface area (Å²) in [5.41, 5.74) is -0.695. The summed E-state index contributed by atoms with van der Waals surface area (Å²) >= 11 is 5.05. The molecule has 0 unspecified atom stereocenters. The van der Waals surface area contributed by atoms with Gasteiger partial charge in [-0.3, -0.25) is 0 Å². The van der Waals surface area contributed by atoms with E-state index in [0.717, 1.165) is 19.4 Å². The molecular formula is C11H21ClN2O2. The van der Waals surface area contributed by atoms with Crippen molar-refractivity contribution in [3.8, 4) is 0 Å². The Bertz CT molecular complexity index is 206. The number of unbranched alkanes of at least 4 members (excludes halogenated alkanes) is 2. The van der Waals surface area contributed by atoms with E-state index in [1.807, 2.05) is 0 Å². The molecule has 0 amide bonds. The second kappa shape index (κ2) is 7.87. The van der Waals surface area contributed by atoms with E-state index in [1.165, 1.54) is 32.6 Å². The molecule has 0 bridgehead atoms. The number of piperazine rings is 1. The van der Waals surface area contributed by atoms with Crippen LogP contribution in [-0.2, 0) is 4.74 Å². The lowest BCUT2D eigenvalue weighted by molar-refractivity contribution is 0.149. The van der Waals surface area contributed by atoms with Crippen LogP contribution in [0.1, 0.15) is 19.3 Å². The van der Waals surface area contributed by atoms with E-state index < -0.39 is 5.43 Å². The third-order valence-electron chi connectivity index (χ3n) is 2.93. The van der Waals surface area contributed by atoms with Gasteiger partial charge in [-0.15, -0.1) is 0 Å². The Morgan fingerprint density at radius 3 is 2.50 bits per heavy atom. The number of nitrogens with zero attached hydrogens (tertiary/aromatic N) is 2. The molecule has 0 aliphatic carbocycles. The van der Waals surface area contributed by atoms with Gasteiger partial charge < -0.3 is 14.5 Å². The quantitative estimate of drug-likeness (QED) is 0.530. The minimum absolute atomic E-state index is 0.449. The van der Waals surface area contributed by atoms with Crippen molar-refractivity contribution in [1.29, 1.82) is 0 Å². The number of hydrogen-bond acceptors (Lipinski definition) is 4. The largest absolute Gasteiger partial charge is 0.454 e. The first-order chi connectivity index (χ1) is 7.68. The first-order valence-electron chi connectivity index (χ1n) is 5.91. The maximum absolute atomic E-state index is 10.3. The van der Waals surface area contributed by atoms with Gasteiger partial charge in [0.15, 0.2) is 0 Å². The highest BCUT2D eigenvalue weighted by atomic mass is 35.5. The van der Waals surface area contributed by atoms with E-state index in [-0.39, 0.29) is 0 Å². The molecule has 0 aromatic heterocycles. The van der Waals surface area contributed by atoms with Gasteiger partial charge in [0.1, 0.15) is 0 Å². The van der Waals surface area contributed by atoms with Crippen LogP contribution in [-0.4, -0.2) is 61.6 Å². The zero-order valence-corrected chi connectivity index (χ0v) is 10.7. The Morgan fingerprint density at radius 2 is 1.88 bits per heavy atom. The summed E-state index contributed by atoms with van der Waals surface area (Å²) in [5.74, 6) is 0. The molecule has 1 heterocycles. The normalized spacial score (nSPS) is 18.6. The molecule has 1 aliphatic heterocycles.